The van der Waals surface area contributed by atoms with Gasteiger partial charge in [-0.15, -0.1) is 0 Å². The van der Waals surface area contributed by atoms with E-state index in [-0.39, 0.29) is 51.7 Å². The maximum atomic E-state index is 12.4. The van der Waals surface area contributed by atoms with Crippen LogP contribution >= 0.6 is 0 Å². The summed E-state index contributed by atoms with van der Waals surface area (Å²) in [4.78, 5) is 12.4. The standard InChI is InChI=1S/C32H54O4/c1-20(2)11-10-15-32(9,35)22-12-17-31(8)27(22)23(36-21(3)33)19-25-29(6)16-14-26(34)28(4,5)24(29)13-18-30(25,31)7/h11,22-27,34-35H,10,12-19H2,1-9H3/t22-,23+,24-,25+,26-,27-,29-,30+,31+,32-/m0/s1. The van der Waals surface area contributed by atoms with Gasteiger partial charge in [-0.2, -0.15) is 0 Å². The molecule has 4 aliphatic rings. The van der Waals surface area contributed by atoms with Gasteiger partial charge in [0.25, 0.3) is 0 Å². The smallest absolute Gasteiger partial charge is 0.302 e. The topological polar surface area (TPSA) is 66.8 Å². The average molecular weight is 503 g/mol. The van der Waals surface area contributed by atoms with Crippen molar-refractivity contribution in [1.29, 1.82) is 0 Å². The summed E-state index contributed by atoms with van der Waals surface area (Å²) >= 11 is 0. The van der Waals surface area contributed by atoms with Gasteiger partial charge in [-0.3, -0.25) is 4.79 Å². The first-order valence-corrected chi connectivity index (χ1v) is 14.7. The Morgan fingerprint density at radius 2 is 1.61 bits per heavy atom. The molecule has 0 aromatic heterocycles. The summed E-state index contributed by atoms with van der Waals surface area (Å²) in [7, 11) is 0. The molecule has 0 unspecified atom stereocenters. The summed E-state index contributed by atoms with van der Waals surface area (Å²) in [5, 5.41) is 22.8. The maximum Gasteiger partial charge on any atom is 0.302 e. The van der Waals surface area contributed by atoms with Crippen molar-refractivity contribution in [2.45, 2.75) is 138 Å². The number of ether oxygens (including phenoxy) is 1. The summed E-state index contributed by atoms with van der Waals surface area (Å²) in [5.41, 5.74) is 0.659. The fourth-order valence-electron chi connectivity index (χ4n) is 10.6. The van der Waals surface area contributed by atoms with Crippen LogP contribution in [0.1, 0.15) is 120 Å². The molecule has 4 aliphatic carbocycles. The highest BCUT2D eigenvalue weighted by molar-refractivity contribution is 5.66. The highest BCUT2D eigenvalue weighted by atomic mass is 16.5. The van der Waals surface area contributed by atoms with E-state index in [0.29, 0.717) is 11.8 Å². The molecule has 0 saturated heterocycles. The van der Waals surface area contributed by atoms with Gasteiger partial charge >= 0.3 is 5.97 Å². The number of hydrogen-bond donors (Lipinski definition) is 2. The number of esters is 1. The fourth-order valence-corrected chi connectivity index (χ4v) is 10.6. The third-order valence-corrected chi connectivity index (χ3v) is 12.7. The molecule has 0 aromatic rings. The van der Waals surface area contributed by atoms with Crippen LogP contribution in [0.25, 0.3) is 0 Å². The van der Waals surface area contributed by atoms with Crippen LogP contribution in [0, 0.1) is 45.3 Å². The first kappa shape index (κ1) is 28.1. The number of hydrogen-bond acceptors (Lipinski definition) is 4. The Morgan fingerprint density at radius 1 is 0.972 bits per heavy atom. The SMILES string of the molecule is CC(=O)O[C@@H]1C[C@@H]2[C@@]3(C)CC[C@H](O)C(C)(C)[C@@H]3CC[C@@]2(C)[C@]2(C)CC[C@H]([C@@](C)(O)CCC=C(C)C)[C@@H]12. The quantitative estimate of drug-likeness (QED) is 0.312. The Balaban J connectivity index is 1.74. The monoisotopic (exact) mass is 502 g/mol. The Labute approximate surface area is 220 Å². The van der Waals surface area contributed by atoms with Gasteiger partial charge in [0, 0.05) is 12.8 Å². The molecule has 4 fully saturated rings. The van der Waals surface area contributed by atoms with Gasteiger partial charge in [-0.1, -0.05) is 46.3 Å². The summed E-state index contributed by atoms with van der Waals surface area (Å²) in [6.45, 7) is 19.9. The van der Waals surface area contributed by atoms with Gasteiger partial charge in [0.2, 0.25) is 0 Å². The number of rotatable bonds is 5. The minimum atomic E-state index is -0.784. The molecule has 0 bridgehead atoms. The predicted molar refractivity (Wildman–Crippen MR) is 145 cm³/mol. The number of fused-ring (bicyclic) bond motifs is 5. The molecule has 2 N–H and O–H groups in total. The second-order valence-corrected chi connectivity index (χ2v) is 15.1. The van der Waals surface area contributed by atoms with E-state index in [4.69, 9.17) is 4.74 Å². The summed E-state index contributed by atoms with van der Waals surface area (Å²) in [6.07, 6.45) is 10.6. The van der Waals surface area contributed by atoms with Gasteiger partial charge < -0.3 is 14.9 Å². The van der Waals surface area contributed by atoms with E-state index in [9.17, 15) is 15.0 Å². The lowest BCUT2D eigenvalue weighted by molar-refractivity contribution is -0.250. The van der Waals surface area contributed by atoms with Crippen LogP contribution in [-0.2, 0) is 9.53 Å². The molecule has 0 radical (unpaired) electrons. The van der Waals surface area contributed by atoms with Crippen LogP contribution in [0.3, 0.4) is 0 Å². The zero-order valence-electron chi connectivity index (χ0n) is 24.6. The average Bonchev–Trinajstić information content (AvgIpc) is 3.12. The molecule has 0 aromatic carbocycles. The van der Waals surface area contributed by atoms with Crippen LogP contribution in [0.5, 0.6) is 0 Å². The lowest BCUT2D eigenvalue weighted by Gasteiger charge is -2.70. The van der Waals surface area contributed by atoms with Crippen LogP contribution in [0.15, 0.2) is 11.6 Å². The molecule has 4 heteroatoms. The molecule has 4 rings (SSSR count). The van der Waals surface area contributed by atoms with E-state index in [0.717, 1.165) is 57.8 Å². The van der Waals surface area contributed by atoms with E-state index in [1.165, 1.54) is 5.57 Å². The molecule has 4 nitrogen and oxygen atoms in total. The largest absolute Gasteiger partial charge is 0.462 e. The minimum absolute atomic E-state index is 0.00931. The maximum absolute atomic E-state index is 12.4. The summed E-state index contributed by atoms with van der Waals surface area (Å²) in [6, 6.07) is 0. The van der Waals surface area contributed by atoms with E-state index < -0.39 is 5.60 Å². The normalized spacial score (nSPS) is 47.1. The third kappa shape index (κ3) is 4.12. The Hall–Kier alpha value is -0.870. The molecular weight excluding hydrogens is 448 g/mol. The second kappa shape index (κ2) is 9.11. The van der Waals surface area contributed by atoms with Crippen molar-refractivity contribution in [1.82, 2.24) is 0 Å². The Kier molecular flexibility index (Phi) is 7.12. The molecule has 0 amide bonds. The zero-order chi connectivity index (χ0) is 26.9. The second-order valence-electron chi connectivity index (χ2n) is 15.1. The number of aliphatic hydroxyl groups is 2. The highest BCUT2D eigenvalue weighted by Gasteiger charge is 2.71. The Bertz CT molecular complexity index is 885. The third-order valence-electron chi connectivity index (χ3n) is 12.7. The summed E-state index contributed by atoms with van der Waals surface area (Å²) in [5.74, 6) is 1.01. The van der Waals surface area contributed by atoms with Crippen molar-refractivity contribution in [3.63, 3.8) is 0 Å². The van der Waals surface area contributed by atoms with Gasteiger partial charge in [-0.05, 0) is 118 Å². The van der Waals surface area contributed by atoms with Crippen molar-refractivity contribution in [3.05, 3.63) is 11.6 Å². The number of carbonyl (C=O) groups is 1. The van der Waals surface area contributed by atoms with Gasteiger partial charge in [0.1, 0.15) is 6.10 Å². The molecule has 206 valence electrons. The van der Waals surface area contributed by atoms with Gasteiger partial charge in [0.15, 0.2) is 0 Å². The van der Waals surface area contributed by atoms with Crippen molar-refractivity contribution >= 4 is 5.97 Å². The molecule has 4 saturated carbocycles. The molecule has 10 atom stereocenters. The number of allylic oxidation sites excluding steroid dienone is 2. The van der Waals surface area contributed by atoms with Crippen molar-refractivity contribution < 1.29 is 19.7 Å². The van der Waals surface area contributed by atoms with E-state index in [1.807, 2.05) is 6.92 Å². The van der Waals surface area contributed by atoms with Crippen molar-refractivity contribution in [3.8, 4) is 0 Å². The number of carbonyl (C=O) groups excluding carboxylic acids is 1. The van der Waals surface area contributed by atoms with E-state index in [1.54, 1.807) is 6.92 Å². The van der Waals surface area contributed by atoms with E-state index >= 15 is 0 Å². The fraction of sp³-hybridized carbons (Fsp3) is 0.906. The van der Waals surface area contributed by atoms with Crippen LogP contribution in [0.2, 0.25) is 0 Å². The predicted octanol–water partition coefficient (Wildman–Crippen LogP) is 7.07. The molecule has 0 heterocycles. The molecule has 0 spiro atoms. The van der Waals surface area contributed by atoms with Crippen LogP contribution in [0.4, 0.5) is 0 Å². The van der Waals surface area contributed by atoms with Crippen LogP contribution < -0.4 is 0 Å². The van der Waals surface area contributed by atoms with Gasteiger partial charge in [0.05, 0.1) is 11.7 Å². The van der Waals surface area contributed by atoms with Crippen LogP contribution in [-0.4, -0.2) is 34.0 Å². The highest BCUT2D eigenvalue weighted by Crippen LogP contribution is 2.76. The van der Waals surface area contributed by atoms with Crippen molar-refractivity contribution in [2.75, 3.05) is 0 Å². The number of aliphatic hydroxyl groups excluding tert-OH is 1. The van der Waals surface area contributed by atoms with E-state index in [2.05, 4.69) is 54.5 Å². The summed E-state index contributed by atoms with van der Waals surface area (Å²) < 4.78 is 6.22. The Morgan fingerprint density at radius 3 is 2.22 bits per heavy atom. The lowest BCUT2D eigenvalue weighted by atomic mass is 9.35. The van der Waals surface area contributed by atoms with Crippen molar-refractivity contribution in [2.24, 2.45) is 45.3 Å². The molecule has 0 aliphatic heterocycles. The van der Waals surface area contributed by atoms with Gasteiger partial charge in [-0.25, -0.2) is 0 Å². The first-order chi connectivity index (χ1) is 16.5. The minimum Gasteiger partial charge on any atom is -0.462 e. The first-order valence-electron chi connectivity index (χ1n) is 14.7. The molecular formula is C32H54O4. The molecule has 36 heavy (non-hydrogen) atoms. The lowest BCUT2D eigenvalue weighted by Crippen LogP contribution is -2.67. The zero-order valence-corrected chi connectivity index (χ0v) is 24.6.